The van der Waals surface area contributed by atoms with Gasteiger partial charge in [-0.2, -0.15) is 0 Å². The molecule has 0 aromatic heterocycles. The second-order valence-electron chi connectivity index (χ2n) is 3.02. The molecule has 0 spiro atoms. The quantitative estimate of drug-likeness (QED) is 0.657. The van der Waals surface area contributed by atoms with Crippen LogP contribution in [0.5, 0.6) is 0 Å². The molecule has 1 rings (SSSR count). The van der Waals surface area contributed by atoms with E-state index in [-0.39, 0.29) is 5.82 Å². The van der Waals surface area contributed by atoms with Crippen LogP contribution in [0.15, 0.2) is 27.7 Å². The molecule has 3 N–H and O–H groups in total. The van der Waals surface area contributed by atoms with E-state index in [1.54, 1.807) is 12.1 Å². The molecule has 82 valence electrons. The van der Waals surface area contributed by atoms with Gasteiger partial charge in [0.2, 0.25) is 0 Å². The van der Waals surface area contributed by atoms with Crippen LogP contribution in [0, 0.1) is 5.82 Å². The Morgan fingerprint density at radius 2 is 2.33 bits per heavy atom. The van der Waals surface area contributed by atoms with E-state index in [1.807, 2.05) is 6.92 Å². The zero-order chi connectivity index (χ0) is 11.3. The predicted molar refractivity (Wildman–Crippen MR) is 64.5 cm³/mol. The third kappa shape index (κ3) is 3.87. The molecular weight excluding hydrogens is 261 g/mol. The Morgan fingerprint density at radius 3 is 2.93 bits per heavy atom. The maximum Gasteiger partial charge on any atom is 0.193 e. The number of halogens is 2. The highest BCUT2D eigenvalue weighted by molar-refractivity contribution is 9.10. The molecule has 1 aromatic rings. The first kappa shape index (κ1) is 12.0. The van der Waals surface area contributed by atoms with Crippen molar-refractivity contribution in [1.29, 1.82) is 0 Å². The second kappa shape index (κ2) is 5.70. The molecule has 3 nitrogen and oxygen atoms in total. The molecule has 0 amide bonds. The fourth-order valence-corrected chi connectivity index (χ4v) is 1.24. The van der Waals surface area contributed by atoms with Crippen molar-refractivity contribution in [2.75, 3.05) is 11.9 Å². The van der Waals surface area contributed by atoms with Crippen molar-refractivity contribution in [2.45, 2.75) is 13.3 Å². The smallest absolute Gasteiger partial charge is 0.193 e. The number of nitrogens with two attached hydrogens (primary N) is 1. The minimum Gasteiger partial charge on any atom is -0.370 e. The summed E-state index contributed by atoms with van der Waals surface area (Å²) in [5, 5.41) is 2.81. The highest BCUT2D eigenvalue weighted by Crippen LogP contribution is 2.18. The van der Waals surface area contributed by atoms with Crippen LogP contribution in [0.25, 0.3) is 0 Å². The van der Waals surface area contributed by atoms with Crippen molar-refractivity contribution in [1.82, 2.24) is 0 Å². The van der Waals surface area contributed by atoms with Gasteiger partial charge >= 0.3 is 0 Å². The van der Waals surface area contributed by atoms with Gasteiger partial charge in [0.05, 0.1) is 4.47 Å². The lowest BCUT2D eigenvalue weighted by atomic mass is 10.3. The van der Waals surface area contributed by atoms with E-state index in [4.69, 9.17) is 5.73 Å². The molecule has 0 aliphatic rings. The van der Waals surface area contributed by atoms with Crippen molar-refractivity contribution >= 4 is 27.6 Å². The van der Waals surface area contributed by atoms with E-state index in [1.165, 1.54) is 6.07 Å². The summed E-state index contributed by atoms with van der Waals surface area (Å²) in [6.45, 7) is 2.67. The predicted octanol–water partition coefficient (Wildman–Crippen LogP) is 2.72. The van der Waals surface area contributed by atoms with Crippen molar-refractivity contribution in [3.05, 3.63) is 28.5 Å². The van der Waals surface area contributed by atoms with Gasteiger partial charge in [-0.25, -0.2) is 4.39 Å². The lowest BCUT2D eigenvalue weighted by molar-refractivity contribution is 0.622. The first-order chi connectivity index (χ1) is 7.13. The molecule has 0 bridgehead atoms. The number of benzene rings is 1. The van der Waals surface area contributed by atoms with Gasteiger partial charge in [0.25, 0.3) is 0 Å². The Morgan fingerprint density at radius 1 is 1.60 bits per heavy atom. The first-order valence-electron chi connectivity index (χ1n) is 4.65. The Hall–Kier alpha value is -1.10. The van der Waals surface area contributed by atoms with E-state index >= 15 is 0 Å². The minimum absolute atomic E-state index is 0.304. The molecule has 0 radical (unpaired) electrons. The third-order valence-corrected chi connectivity index (χ3v) is 2.34. The monoisotopic (exact) mass is 273 g/mol. The van der Waals surface area contributed by atoms with Crippen molar-refractivity contribution in [3.8, 4) is 0 Å². The van der Waals surface area contributed by atoms with Crippen LogP contribution in [0.2, 0.25) is 0 Å². The Balaban J connectivity index is 2.68. The summed E-state index contributed by atoms with van der Waals surface area (Å²) >= 11 is 3.07. The molecule has 0 aliphatic carbocycles. The fraction of sp³-hybridized carbons (Fsp3) is 0.300. The summed E-state index contributed by atoms with van der Waals surface area (Å²) in [6, 6.07) is 4.70. The minimum atomic E-state index is -0.330. The zero-order valence-electron chi connectivity index (χ0n) is 8.43. The normalized spacial score (nSPS) is 11.5. The van der Waals surface area contributed by atoms with Gasteiger partial charge in [-0.05, 0) is 40.5 Å². The lowest BCUT2D eigenvalue weighted by Gasteiger charge is -2.05. The van der Waals surface area contributed by atoms with Gasteiger partial charge in [-0.3, -0.25) is 4.99 Å². The van der Waals surface area contributed by atoms with Crippen molar-refractivity contribution in [3.63, 3.8) is 0 Å². The van der Waals surface area contributed by atoms with E-state index in [0.717, 1.165) is 6.42 Å². The lowest BCUT2D eigenvalue weighted by Crippen LogP contribution is -2.22. The summed E-state index contributed by atoms with van der Waals surface area (Å²) in [5.74, 6) is -0.0261. The van der Waals surface area contributed by atoms with Crippen molar-refractivity contribution in [2.24, 2.45) is 10.7 Å². The average Bonchev–Trinajstić information content (AvgIpc) is 2.20. The zero-order valence-corrected chi connectivity index (χ0v) is 10.0. The van der Waals surface area contributed by atoms with Crippen LogP contribution in [0.4, 0.5) is 10.1 Å². The number of nitrogens with zero attached hydrogens (tertiary/aromatic N) is 1. The summed E-state index contributed by atoms with van der Waals surface area (Å²) in [6.07, 6.45) is 0.928. The number of nitrogens with one attached hydrogen (secondary N) is 1. The average molecular weight is 274 g/mol. The summed E-state index contributed by atoms with van der Waals surface area (Å²) in [5.41, 5.74) is 6.18. The van der Waals surface area contributed by atoms with Gasteiger partial charge in [-0.15, -0.1) is 0 Å². The molecule has 0 aliphatic heterocycles. The number of hydrogen-bond acceptors (Lipinski definition) is 1. The topological polar surface area (TPSA) is 50.4 Å². The Bertz CT molecular complexity index is 366. The third-order valence-electron chi connectivity index (χ3n) is 1.70. The van der Waals surface area contributed by atoms with Gasteiger partial charge in [0.15, 0.2) is 5.96 Å². The van der Waals surface area contributed by atoms with E-state index in [9.17, 15) is 4.39 Å². The maximum absolute atomic E-state index is 13.1. The van der Waals surface area contributed by atoms with Crippen LogP contribution >= 0.6 is 15.9 Å². The summed E-state index contributed by atoms with van der Waals surface area (Å²) < 4.78 is 13.5. The molecule has 0 unspecified atom stereocenters. The molecule has 0 saturated heterocycles. The molecule has 0 fully saturated rings. The maximum atomic E-state index is 13.1. The van der Waals surface area contributed by atoms with Crippen LogP contribution in [0.3, 0.4) is 0 Å². The van der Waals surface area contributed by atoms with E-state index in [2.05, 4.69) is 26.2 Å². The van der Waals surface area contributed by atoms with Gasteiger partial charge in [0, 0.05) is 12.2 Å². The molecule has 0 atom stereocenters. The molecule has 0 saturated carbocycles. The highest BCUT2D eigenvalue weighted by atomic mass is 79.9. The number of rotatable bonds is 3. The van der Waals surface area contributed by atoms with E-state index in [0.29, 0.717) is 22.7 Å². The molecule has 1 aromatic carbocycles. The second-order valence-corrected chi connectivity index (χ2v) is 3.88. The van der Waals surface area contributed by atoms with Crippen LogP contribution in [0.1, 0.15) is 13.3 Å². The fourth-order valence-electron chi connectivity index (χ4n) is 0.994. The van der Waals surface area contributed by atoms with E-state index < -0.39 is 0 Å². The highest BCUT2D eigenvalue weighted by Gasteiger charge is 2.00. The Kier molecular flexibility index (Phi) is 4.55. The van der Waals surface area contributed by atoms with Crippen LogP contribution < -0.4 is 11.1 Å². The van der Waals surface area contributed by atoms with Crippen LogP contribution in [-0.4, -0.2) is 12.5 Å². The summed E-state index contributed by atoms with van der Waals surface area (Å²) in [4.78, 5) is 4.04. The largest absolute Gasteiger partial charge is 0.370 e. The standard InChI is InChI=1S/C10H13BrFN3/c1-2-5-14-10(13)15-7-3-4-8(11)9(12)6-7/h3-4,6H,2,5H2,1H3,(H3,13,14,15). The SMILES string of the molecule is CCCN=C(N)Nc1ccc(Br)c(F)c1. The van der Waals surface area contributed by atoms with Gasteiger partial charge < -0.3 is 11.1 Å². The van der Waals surface area contributed by atoms with Gasteiger partial charge in [-0.1, -0.05) is 6.92 Å². The molecule has 0 heterocycles. The van der Waals surface area contributed by atoms with Crippen molar-refractivity contribution < 1.29 is 4.39 Å². The van der Waals surface area contributed by atoms with Crippen LogP contribution in [-0.2, 0) is 0 Å². The van der Waals surface area contributed by atoms with Gasteiger partial charge in [0.1, 0.15) is 5.82 Å². The molecular formula is C10H13BrFN3. The molecule has 15 heavy (non-hydrogen) atoms. The Labute approximate surface area is 96.7 Å². The summed E-state index contributed by atoms with van der Waals surface area (Å²) in [7, 11) is 0. The number of anilines is 1. The number of hydrogen-bond donors (Lipinski definition) is 2. The number of guanidine groups is 1. The molecule has 5 heteroatoms. The first-order valence-corrected chi connectivity index (χ1v) is 5.44. The number of aliphatic imine (C=N–C) groups is 1.